The Hall–Kier alpha value is -16.4. The molecule has 1 saturated heterocycles. The van der Waals surface area contributed by atoms with Crippen LogP contribution in [-0.2, 0) is 47.0 Å². The van der Waals surface area contributed by atoms with Gasteiger partial charge in [-0.15, -0.1) is 11.3 Å². The number of aliphatic imine (C=N–C) groups is 1. The molecule has 7 N–H and O–H groups in total. The summed E-state index contributed by atoms with van der Waals surface area (Å²) in [5.41, 5.74) is 12.0. The molecular weight excluding hydrogens is 1730 g/mol. The van der Waals surface area contributed by atoms with E-state index in [0.717, 1.165) is 45.1 Å². The van der Waals surface area contributed by atoms with Crippen LogP contribution in [0.3, 0.4) is 0 Å². The van der Waals surface area contributed by atoms with Gasteiger partial charge in [-0.05, 0) is 180 Å². The molecule has 6 heterocycles. The third kappa shape index (κ3) is 29.9. The molecule has 4 aromatic heterocycles. The highest BCUT2D eigenvalue weighted by Crippen LogP contribution is 2.25. The molecule has 12 aromatic rings. The number of carboxylic acid groups (broad SMARTS) is 5. The number of nitrogens with one attached hydrogen (secondary N) is 2. The number of Topliss-reactive ketones (excluding diaryl/α,β-unsaturated/α-hetero) is 7. The van der Waals surface area contributed by atoms with Crippen LogP contribution in [0.25, 0.3) is 0 Å². The summed E-state index contributed by atoms with van der Waals surface area (Å²) in [6, 6.07) is 61.9. The number of aromatic nitrogens is 4. The van der Waals surface area contributed by atoms with Crippen LogP contribution in [0, 0.1) is 32.1 Å². The van der Waals surface area contributed by atoms with Crippen LogP contribution in [0.1, 0.15) is 218 Å². The second kappa shape index (κ2) is 49.7. The first-order valence-electron chi connectivity index (χ1n) is 40.4. The average Bonchev–Trinajstić information content (AvgIpc) is 1.82. The zero-order valence-electron chi connectivity index (χ0n) is 72.2. The van der Waals surface area contributed by atoms with E-state index in [1.54, 1.807) is 162 Å². The van der Waals surface area contributed by atoms with Gasteiger partial charge in [0.25, 0.3) is 5.91 Å². The fraction of sp³-hybridized carbons (Fsp3) is 0.160. The number of carbonyl (C=O) groups is 14. The highest BCUT2D eigenvalue weighted by Gasteiger charge is 2.25. The molecule has 14 rings (SSSR count). The van der Waals surface area contributed by atoms with E-state index in [0.29, 0.717) is 58.7 Å². The first kappa shape index (κ1) is 101. The predicted molar refractivity (Wildman–Crippen MR) is 492 cm³/mol. The van der Waals surface area contributed by atoms with Crippen molar-refractivity contribution < 1.29 is 101 Å². The van der Waals surface area contributed by atoms with Crippen LogP contribution < -0.4 is 14.9 Å². The number of hydrogen-bond donors (Lipinski definition) is 7. The number of rotatable bonds is 28. The minimum Gasteiger partial charge on any atom is -0.478 e. The van der Waals surface area contributed by atoms with Crippen molar-refractivity contribution in [3.05, 3.63) is 389 Å². The lowest BCUT2D eigenvalue weighted by Gasteiger charge is -2.15. The van der Waals surface area contributed by atoms with Crippen LogP contribution in [0.5, 0.6) is 0 Å². The van der Waals surface area contributed by atoms with E-state index in [4.69, 9.17) is 30.8 Å². The molecule has 1 fully saturated rings. The number of aromatic carboxylic acids is 5. The minimum absolute atomic E-state index is 0.0401. The van der Waals surface area contributed by atoms with Crippen LogP contribution in [-0.4, -0.2) is 162 Å². The van der Waals surface area contributed by atoms with E-state index >= 15 is 0 Å². The molecule has 2 aliphatic rings. The zero-order valence-corrected chi connectivity index (χ0v) is 73.8. The Bertz CT molecular complexity index is 6540. The Morgan fingerprint density at radius 1 is 0.485 bits per heavy atom. The number of aryl methyl sites for hydroxylation is 3. The molecule has 2 amide bonds. The van der Waals surface area contributed by atoms with Gasteiger partial charge in [0.15, 0.2) is 40.5 Å². The van der Waals surface area contributed by atoms with E-state index in [9.17, 15) is 75.5 Å². The van der Waals surface area contributed by atoms with E-state index in [-0.39, 0.29) is 146 Å². The summed E-state index contributed by atoms with van der Waals surface area (Å²) in [4.78, 5) is 185. The second-order valence-electron chi connectivity index (χ2n) is 29.0. The number of nitrogens with zero attached hydrogens (tertiary/aromatic N) is 7. The first-order chi connectivity index (χ1) is 63.1. The Balaban J connectivity index is 0.000000190. The number of benzene rings is 8. The van der Waals surface area contributed by atoms with Crippen molar-refractivity contribution in [3.63, 3.8) is 0 Å². The highest BCUT2D eigenvalue weighted by atomic mass is 32.2. The minimum atomic E-state index is -3.41. The second-order valence-corrected chi connectivity index (χ2v) is 31.8. The molecule has 0 atom stereocenters. The standard InChI is InChI=1S/C16H14N2O4.C16H12N2O2.C16H14O3.C15H13NO3.C13H11NO3S.C13H11NO3.C11H14N2O3S/c1-10(19)11-6-7-12(17-8-11)9-18-15(20)13-4-2-3-5-14(13)16(21)22;1-11(19)15-6-7-18-10-14(15)8-16(20)13-4-2-12(9-17)3-5-13;1-11-6-2-3-7-12(11)10-15(17)13-8-4-5-9-14(13)16(18)19;1-10-8-11(6-7-16-10)9-14(17)12-4-2-3-5-13(12)15(18)19;1-8-12(18-7-14-8)6-11(15)9-4-2-3-5-10(9)13(16)17;15-12(8-9-4-3-7-14-9)10-5-1-2-6-11(10)13(16)17;1-12-17(15,16)10-6-4-9(5-7-10)13-8-2-3-11(13)14/h2-8H,9H2,1H3,(H,18,20)(H,21,22);2-7,10H,8H2,1H3;2-9H,10H2,1H3,(H,18,19);2-8H,9H2,1H3,(H,18,19);2-5,7H,6H2,1H3,(H,16,17);1-6H,7-8H2,(H,16,17);4-7,12H,2-3,8H2,1H3. The molecule has 672 valence electrons. The molecule has 0 aliphatic carbocycles. The predicted octanol–water partition coefficient (Wildman–Crippen LogP) is 15.4. The summed E-state index contributed by atoms with van der Waals surface area (Å²) in [6.45, 7) is 9.98. The summed E-state index contributed by atoms with van der Waals surface area (Å²) >= 11 is 1.41. The molecule has 0 bridgehead atoms. The molecule has 0 spiro atoms. The molecule has 0 unspecified atom stereocenters. The third-order valence-electron chi connectivity index (χ3n) is 19.8. The highest BCUT2D eigenvalue weighted by molar-refractivity contribution is 7.89. The van der Waals surface area contributed by atoms with E-state index < -0.39 is 45.8 Å². The smallest absolute Gasteiger partial charge is 0.336 e. The number of ketones is 7. The number of anilines is 1. The van der Waals surface area contributed by atoms with Gasteiger partial charge in [-0.25, -0.2) is 42.1 Å². The third-order valence-corrected chi connectivity index (χ3v) is 22.2. The van der Waals surface area contributed by atoms with Gasteiger partial charge in [-0.1, -0.05) is 127 Å². The van der Waals surface area contributed by atoms with Crippen LogP contribution in [0.4, 0.5) is 5.69 Å². The number of amides is 2. The molecule has 0 saturated carbocycles. The maximum Gasteiger partial charge on any atom is 0.336 e. The van der Waals surface area contributed by atoms with Crippen molar-refractivity contribution in [3.8, 4) is 6.07 Å². The van der Waals surface area contributed by atoms with Crippen molar-refractivity contribution in [2.45, 2.75) is 91.0 Å². The summed E-state index contributed by atoms with van der Waals surface area (Å²) in [5, 5.41) is 56.5. The van der Waals surface area contributed by atoms with Gasteiger partial charge < -0.3 is 35.7 Å². The number of allylic oxidation sites excluding steroid dienone is 1. The van der Waals surface area contributed by atoms with Gasteiger partial charge in [-0.2, -0.15) is 5.26 Å². The Morgan fingerprint density at radius 3 is 1.42 bits per heavy atom. The maximum absolute atomic E-state index is 12.2. The lowest BCUT2D eigenvalue weighted by atomic mass is 9.96. The lowest BCUT2D eigenvalue weighted by molar-refractivity contribution is -0.117. The van der Waals surface area contributed by atoms with E-state index in [2.05, 4.69) is 35.0 Å². The van der Waals surface area contributed by atoms with Crippen molar-refractivity contribution in [2.75, 3.05) is 25.0 Å². The molecule has 30 nitrogen and oxygen atoms in total. The maximum atomic E-state index is 12.2. The van der Waals surface area contributed by atoms with Gasteiger partial charge in [0, 0.05) is 124 Å². The Kier molecular flexibility index (Phi) is 38.0. The largest absolute Gasteiger partial charge is 0.478 e. The number of sulfonamides is 1. The van der Waals surface area contributed by atoms with Crippen LogP contribution in [0.15, 0.2) is 277 Å². The zero-order chi connectivity index (χ0) is 96.1. The van der Waals surface area contributed by atoms with Crippen molar-refractivity contribution in [1.82, 2.24) is 30.0 Å². The Morgan fingerprint density at radius 2 is 0.970 bits per heavy atom. The van der Waals surface area contributed by atoms with Crippen molar-refractivity contribution >= 4 is 115 Å². The average molecular weight is 1820 g/mol. The van der Waals surface area contributed by atoms with Crippen LogP contribution >= 0.6 is 11.3 Å². The summed E-state index contributed by atoms with van der Waals surface area (Å²) < 4.78 is 25.3. The number of nitriles is 1. The lowest BCUT2D eigenvalue weighted by Crippen LogP contribution is -2.25. The molecule has 32 heteroatoms. The van der Waals surface area contributed by atoms with E-state index in [1.165, 1.54) is 105 Å². The number of hydrogen-bond acceptors (Lipinski definition) is 23. The topological polar surface area (TPSA) is 489 Å². The Labute approximate surface area is 762 Å². The number of carboxylic acids is 5. The van der Waals surface area contributed by atoms with Gasteiger partial charge in [0.1, 0.15) is 0 Å². The molecule has 2 aliphatic heterocycles. The molecule has 8 aromatic carbocycles. The van der Waals surface area contributed by atoms with Crippen molar-refractivity contribution in [2.24, 2.45) is 4.99 Å². The monoisotopic (exact) mass is 1820 g/mol. The quantitative estimate of drug-likeness (QED) is 0.0224. The summed E-state index contributed by atoms with van der Waals surface area (Å²) in [5.74, 6) is -6.95. The number of carbonyl (C=O) groups excluding carboxylic acids is 9. The van der Waals surface area contributed by atoms with Gasteiger partial charge in [0.05, 0.1) is 86.3 Å². The number of thiazole rings is 1. The van der Waals surface area contributed by atoms with Gasteiger partial charge >= 0.3 is 29.8 Å². The fourth-order valence-corrected chi connectivity index (χ4v) is 14.4. The van der Waals surface area contributed by atoms with Gasteiger partial charge in [0.2, 0.25) is 15.9 Å². The summed E-state index contributed by atoms with van der Waals surface area (Å²) in [7, 11) is -2.04. The SMILES string of the molecule is CC(=O)c1ccc(CNC(=O)c2ccccc2C(=O)O)nc1.CC(=O)c1ccncc1CC(=O)c1ccc(C#N)cc1.CNS(=O)(=O)c1ccc(N2CCCC2=O)cc1.Cc1cc(CC(=O)c2ccccc2C(=O)O)ccn1.Cc1ccccc1CC(=O)c1ccccc1C(=O)O.Cc1ncsc1CC(=O)c1ccccc1C(=O)O.O=C(O)c1ccccc1C(=O)CC1=NCC=C1. The normalized spacial score (nSPS) is 11.4. The molecular formula is C100H89N9O21S2. The molecule has 0 radical (unpaired) electrons. The first-order valence-corrected chi connectivity index (χ1v) is 42.8. The summed E-state index contributed by atoms with van der Waals surface area (Å²) in [6.07, 6.45) is 12.1. The fourth-order valence-electron chi connectivity index (χ4n) is 12.9. The van der Waals surface area contributed by atoms with Gasteiger partial charge in [-0.3, -0.25) is 63.1 Å². The van der Waals surface area contributed by atoms with E-state index in [1.807, 2.05) is 63.2 Å². The van der Waals surface area contributed by atoms with Crippen molar-refractivity contribution in [1.29, 1.82) is 5.26 Å². The van der Waals surface area contributed by atoms with Crippen LogP contribution in [0.2, 0.25) is 0 Å². The molecule has 132 heavy (non-hydrogen) atoms. The number of pyridine rings is 3.